The SMILES string of the molecule is CCCn1ncc(OC)c1C(C)NN. The average Bonchev–Trinajstić information content (AvgIpc) is 2.60. The Balaban J connectivity index is 2.99. The molecule has 1 aromatic heterocycles. The van der Waals surface area contributed by atoms with Gasteiger partial charge in [0.25, 0.3) is 0 Å². The molecule has 0 aromatic carbocycles. The van der Waals surface area contributed by atoms with Crippen molar-refractivity contribution in [3.8, 4) is 5.75 Å². The fourth-order valence-electron chi connectivity index (χ4n) is 1.44. The molecule has 3 N–H and O–H groups in total. The van der Waals surface area contributed by atoms with Crippen LogP contribution >= 0.6 is 0 Å². The molecule has 14 heavy (non-hydrogen) atoms. The highest BCUT2D eigenvalue weighted by Crippen LogP contribution is 2.24. The van der Waals surface area contributed by atoms with Gasteiger partial charge in [0.05, 0.1) is 25.0 Å². The van der Waals surface area contributed by atoms with E-state index in [4.69, 9.17) is 10.6 Å². The number of methoxy groups -OCH3 is 1. The van der Waals surface area contributed by atoms with Crippen molar-refractivity contribution in [2.24, 2.45) is 5.84 Å². The summed E-state index contributed by atoms with van der Waals surface area (Å²) in [6, 6.07) is 0.0407. The second-order valence-electron chi connectivity index (χ2n) is 3.21. The number of aryl methyl sites for hydroxylation is 1. The Hall–Kier alpha value is -1.07. The number of aromatic nitrogens is 2. The van der Waals surface area contributed by atoms with Gasteiger partial charge >= 0.3 is 0 Å². The highest BCUT2D eigenvalue weighted by atomic mass is 16.5. The summed E-state index contributed by atoms with van der Waals surface area (Å²) < 4.78 is 7.14. The summed E-state index contributed by atoms with van der Waals surface area (Å²) in [4.78, 5) is 0. The van der Waals surface area contributed by atoms with Gasteiger partial charge in [0.15, 0.2) is 5.75 Å². The van der Waals surface area contributed by atoms with E-state index in [1.165, 1.54) is 0 Å². The number of hydrogen-bond acceptors (Lipinski definition) is 4. The number of rotatable bonds is 5. The lowest BCUT2D eigenvalue weighted by molar-refractivity contribution is 0.395. The summed E-state index contributed by atoms with van der Waals surface area (Å²) >= 11 is 0. The summed E-state index contributed by atoms with van der Waals surface area (Å²) in [5.41, 5.74) is 3.70. The third kappa shape index (κ3) is 2.05. The van der Waals surface area contributed by atoms with Gasteiger partial charge in [0.1, 0.15) is 0 Å². The van der Waals surface area contributed by atoms with Crippen LogP contribution in [0.1, 0.15) is 32.0 Å². The molecule has 0 fully saturated rings. The minimum atomic E-state index is 0.0407. The number of ether oxygens (including phenoxy) is 1. The van der Waals surface area contributed by atoms with Crippen LogP contribution in [-0.2, 0) is 6.54 Å². The van der Waals surface area contributed by atoms with Crippen LogP contribution in [0.3, 0.4) is 0 Å². The first-order valence-electron chi connectivity index (χ1n) is 4.80. The molecular weight excluding hydrogens is 180 g/mol. The molecule has 0 aliphatic heterocycles. The van der Waals surface area contributed by atoms with Crippen molar-refractivity contribution in [2.75, 3.05) is 7.11 Å². The molecule has 5 nitrogen and oxygen atoms in total. The first-order valence-corrected chi connectivity index (χ1v) is 4.80. The Kier molecular flexibility index (Phi) is 3.91. The highest BCUT2D eigenvalue weighted by Gasteiger charge is 2.16. The molecule has 1 unspecified atom stereocenters. The summed E-state index contributed by atoms with van der Waals surface area (Å²) in [6.07, 6.45) is 2.76. The number of nitrogens with zero attached hydrogens (tertiary/aromatic N) is 2. The first-order chi connectivity index (χ1) is 6.74. The molecule has 1 aromatic rings. The van der Waals surface area contributed by atoms with E-state index in [9.17, 15) is 0 Å². The largest absolute Gasteiger partial charge is 0.493 e. The van der Waals surface area contributed by atoms with Gasteiger partial charge in [-0.05, 0) is 13.3 Å². The number of hydrogen-bond donors (Lipinski definition) is 2. The number of hydrazine groups is 1. The van der Waals surface area contributed by atoms with Gasteiger partial charge in [-0.3, -0.25) is 16.0 Å². The average molecular weight is 198 g/mol. The molecule has 5 heteroatoms. The van der Waals surface area contributed by atoms with E-state index in [2.05, 4.69) is 17.4 Å². The van der Waals surface area contributed by atoms with E-state index >= 15 is 0 Å². The molecule has 80 valence electrons. The molecule has 1 rings (SSSR count). The van der Waals surface area contributed by atoms with Crippen molar-refractivity contribution in [1.82, 2.24) is 15.2 Å². The zero-order chi connectivity index (χ0) is 10.6. The second-order valence-corrected chi connectivity index (χ2v) is 3.21. The van der Waals surface area contributed by atoms with Crippen molar-refractivity contribution in [3.63, 3.8) is 0 Å². The molecule has 0 saturated heterocycles. The third-order valence-corrected chi connectivity index (χ3v) is 2.16. The van der Waals surface area contributed by atoms with Gasteiger partial charge in [-0.1, -0.05) is 6.92 Å². The highest BCUT2D eigenvalue weighted by molar-refractivity contribution is 5.27. The van der Waals surface area contributed by atoms with E-state index in [-0.39, 0.29) is 6.04 Å². The molecule has 0 aliphatic rings. The second kappa shape index (κ2) is 4.97. The summed E-state index contributed by atoms with van der Waals surface area (Å²) in [5.74, 6) is 6.19. The lowest BCUT2D eigenvalue weighted by Crippen LogP contribution is -2.28. The maximum absolute atomic E-state index is 5.41. The molecule has 1 heterocycles. The van der Waals surface area contributed by atoms with Crippen molar-refractivity contribution >= 4 is 0 Å². The third-order valence-electron chi connectivity index (χ3n) is 2.16. The first kappa shape index (κ1) is 11.0. The van der Waals surface area contributed by atoms with Gasteiger partial charge in [-0.15, -0.1) is 0 Å². The van der Waals surface area contributed by atoms with E-state index < -0.39 is 0 Å². The van der Waals surface area contributed by atoms with Crippen LogP contribution in [-0.4, -0.2) is 16.9 Å². The normalized spacial score (nSPS) is 12.9. The van der Waals surface area contributed by atoms with E-state index in [0.29, 0.717) is 0 Å². The minimum absolute atomic E-state index is 0.0407. The fourth-order valence-corrected chi connectivity index (χ4v) is 1.44. The van der Waals surface area contributed by atoms with Gasteiger partial charge in [0.2, 0.25) is 0 Å². The Morgan fingerprint density at radius 2 is 2.43 bits per heavy atom. The summed E-state index contributed by atoms with van der Waals surface area (Å²) in [5, 5.41) is 4.24. The van der Waals surface area contributed by atoms with Gasteiger partial charge < -0.3 is 4.74 Å². The zero-order valence-electron chi connectivity index (χ0n) is 8.95. The van der Waals surface area contributed by atoms with Crippen molar-refractivity contribution in [3.05, 3.63) is 11.9 Å². The summed E-state index contributed by atoms with van der Waals surface area (Å²) in [6.45, 7) is 4.97. The molecule has 0 saturated carbocycles. The van der Waals surface area contributed by atoms with E-state index in [1.54, 1.807) is 13.3 Å². The Bertz CT molecular complexity index is 284. The number of nitrogens with one attached hydrogen (secondary N) is 1. The van der Waals surface area contributed by atoms with Crippen LogP contribution in [0.5, 0.6) is 5.75 Å². The Morgan fingerprint density at radius 3 is 2.93 bits per heavy atom. The lowest BCUT2D eigenvalue weighted by Gasteiger charge is -2.14. The lowest BCUT2D eigenvalue weighted by atomic mass is 10.2. The van der Waals surface area contributed by atoms with Crippen molar-refractivity contribution in [2.45, 2.75) is 32.9 Å². The molecule has 0 bridgehead atoms. The minimum Gasteiger partial charge on any atom is -0.493 e. The summed E-state index contributed by atoms with van der Waals surface area (Å²) in [7, 11) is 1.64. The maximum atomic E-state index is 5.41. The van der Waals surface area contributed by atoms with Crippen LogP contribution in [0, 0.1) is 0 Å². The van der Waals surface area contributed by atoms with Gasteiger partial charge in [-0.2, -0.15) is 5.10 Å². The van der Waals surface area contributed by atoms with Crippen LogP contribution < -0.4 is 16.0 Å². The topological polar surface area (TPSA) is 65.1 Å². The monoisotopic (exact) mass is 198 g/mol. The smallest absolute Gasteiger partial charge is 0.161 e. The molecule has 0 aliphatic carbocycles. The molecule has 0 spiro atoms. The molecule has 0 amide bonds. The van der Waals surface area contributed by atoms with Crippen LogP contribution in [0.4, 0.5) is 0 Å². The van der Waals surface area contributed by atoms with Crippen LogP contribution in [0.25, 0.3) is 0 Å². The van der Waals surface area contributed by atoms with Crippen molar-refractivity contribution in [1.29, 1.82) is 0 Å². The molecule has 0 radical (unpaired) electrons. The van der Waals surface area contributed by atoms with Crippen molar-refractivity contribution < 1.29 is 4.74 Å². The van der Waals surface area contributed by atoms with Crippen LogP contribution in [0.2, 0.25) is 0 Å². The van der Waals surface area contributed by atoms with Gasteiger partial charge in [0, 0.05) is 6.54 Å². The fraction of sp³-hybridized carbons (Fsp3) is 0.667. The molecule has 1 atom stereocenters. The zero-order valence-corrected chi connectivity index (χ0v) is 8.95. The predicted molar refractivity (Wildman–Crippen MR) is 54.8 cm³/mol. The standard InChI is InChI=1S/C9H18N4O/c1-4-5-13-9(7(2)12-10)8(14-3)6-11-13/h6-7,12H,4-5,10H2,1-3H3. The Labute approximate surface area is 84.2 Å². The predicted octanol–water partition coefficient (Wildman–Crippen LogP) is 0.826. The molecular formula is C9H18N4O. The van der Waals surface area contributed by atoms with Crippen LogP contribution in [0.15, 0.2) is 6.20 Å². The van der Waals surface area contributed by atoms with E-state index in [1.807, 2.05) is 11.6 Å². The Morgan fingerprint density at radius 1 is 1.71 bits per heavy atom. The number of nitrogens with two attached hydrogens (primary N) is 1. The van der Waals surface area contributed by atoms with E-state index in [0.717, 1.165) is 24.4 Å². The maximum Gasteiger partial charge on any atom is 0.161 e. The quantitative estimate of drug-likeness (QED) is 0.543. The van der Waals surface area contributed by atoms with Gasteiger partial charge in [-0.25, -0.2) is 0 Å².